The quantitative estimate of drug-likeness (QED) is 0.262. The molecule has 2 atom stereocenters. The van der Waals surface area contributed by atoms with Crippen LogP contribution in [0.1, 0.15) is 169 Å². The smallest absolute Gasteiger partial charge is 0.217 e. The van der Waals surface area contributed by atoms with Gasteiger partial charge >= 0.3 is 0 Å². The first-order chi connectivity index (χ1) is 24.1. The summed E-state index contributed by atoms with van der Waals surface area (Å²) in [5.41, 5.74) is 6.93. The van der Waals surface area contributed by atoms with Gasteiger partial charge in [0.05, 0.1) is 12.1 Å². The summed E-state index contributed by atoms with van der Waals surface area (Å²) in [6.45, 7) is 22.2. The molecule has 0 unspecified atom stereocenters. The van der Waals surface area contributed by atoms with Crippen LogP contribution < -0.4 is 16.0 Å². The zero-order valence-electron chi connectivity index (χ0n) is 34.1. The fourth-order valence-electron chi connectivity index (χ4n) is 8.67. The van der Waals surface area contributed by atoms with Crippen molar-refractivity contribution >= 4 is 45.1 Å². The lowest BCUT2D eigenvalue weighted by atomic mass is 9.63. The van der Waals surface area contributed by atoms with Crippen LogP contribution in [0.25, 0.3) is 0 Å². The summed E-state index contributed by atoms with van der Waals surface area (Å²) in [7, 11) is 0. The molecule has 0 bridgehead atoms. The number of rotatable bonds is 5. The number of aldehydes is 1. The molecule has 6 rings (SSSR count). The molecule has 7 nitrogen and oxygen atoms in total. The van der Waals surface area contributed by atoms with Crippen LogP contribution in [0, 0.1) is 10.8 Å². The maximum absolute atomic E-state index is 11.6. The van der Waals surface area contributed by atoms with E-state index in [0.29, 0.717) is 22.7 Å². The lowest BCUT2D eigenvalue weighted by Gasteiger charge is -2.47. The van der Waals surface area contributed by atoms with Gasteiger partial charge in [-0.25, -0.2) is 0 Å². The fraction of sp³-hybridized carbons (Fsp3) is 0.674. The maximum atomic E-state index is 11.6. The molecule has 2 aliphatic heterocycles. The van der Waals surface area contributed by atoms with Gasteiger partial charge in [-0.3, -0.25) is 9.59 Å². The zero-order chi connectivity index (χ0) is 37.3. The van der Waals surface area contributed by atoms with E-state index < -0.39 is 0 Å². The number of amides is 2. The topological polar surface area (TPSA) is 90.5 Å². The second kappa shape index (κ2) is 23.2. The molecule has 0 radical (unpaired) electrons. The van der Waals surface area contributed by atoms with Crippen molar-refractivity contribution in [2.45, 2.75) is 157 Å². The minimum Gasteiger partial charge on any atom is -0.350 e. The summed E-state index contributed by atoms with van der Waals surface area (Å²) in [4.78, 5) is 35.4. The van der Waals surface area contributed by atoms with Crippen molar-refractivity contribution in [1.29, 1.82) is 0 Å². The Morgan fingerprint density at radius 2 is 1.13 bits per heavy atom. The number of carbonyl (C=O) groups excluding carboxylic acids is 3. The summed E-state index contributed by atoms with van der Waals surface area (Å²) >= 11 is 0. The average molecular weight is 801 g/mol. The Morgan fingerprint density at radius 1 is 0.709 bits per heavy atom. The van der Waals surface area contributed by atoms with Crippen molar-refractivity contribution in [3.63, 3.8) is 0 Å². The largest absolute Gasteiger partial charge is 0.350 e. The minimum atomic E-state index is 0. The van der Waals surface area contributed by atoms with E-state index in [1.54, 1.807) is 13.8 Å². The first-order valence-electron chi connectivity index (χ1n) is 19.7. The van der Waals surface area contributed by atoms with Crippen LogP contribution >= 0.6 is 27.0 Å². The summed E-state index contributed by atoms with van der Waals surface area (Å²) in [5.74, 6) is 0.147. The van der Waals surface area contributed by atoms with Gasteiger partial charge in [-0.1, -0.05) is 105 Å². The van der Waals surface area contributed by atoms with Crippen LogP contribution in [-0.4, -0.2) is 55.7 Å². The van der Waals surface area contributed by atoms with E-state index in [-0.39, 0.29) is 71.2 Å². The summed E-state index contributed by atoms with van der Waals surface area (Å²) in [6.07, 6.45) is 12.3. The third-order valence-electron chi connectivity index (χ3n) is 11.6. The number of hydrogen-bond donors (Lipinski definition) is 3. The zero-order valence-corrected chi connectivity index (χ0v) is 36.1. The third-order valence-corrected chi connectivity index (χ3v) is 11.6. The van der Waals surface area contributed by atoms with E-state index in [0.717, 1.165) is 32.2 Å². The normalized spacial score (nSPS) is 20.6. The van der Waals surface area contributed by atoms with Crippen LogP contribution in [-0.2, 0) is 25.2 Å². The molecular formula is C46H80N4O3S2. The predicted octanol–water partition coefficient (Wildman–Crippen LogP) is 9.83. The molecule has 2 fully saturated rings. The Labute approximate surface area is 350 Å². The van der Waals surface area contributed by atoms with Gasteiger partial charge in [0.25, 0.3) is 0 Å². The van der Waals surface area contributed by atoms with Gasteiger partial charge in [-0.05, 0) is 134 Å². The molecular weight excluding hydrogens is 721 g/mol. The molecule has 2 aromatic rings. The molecule has 2 aromatic carbocycles. The van der Waals surface area contributed by atoms with E-state index in [1.165, 1.54) is 86.8 Å². The molecule has 0 saturated carbocycles. The number of nitrogens with zero attached hydrogens (tertiary/aromatic N) is 1. The summed E-state index contributed by atoms with van der Waals surface area (Å²) < 4.78 is 0. The van der Waals surface area contributed by atoms with Crippen molar-refractivity contribution in [2.75, 3.05) is 32.7 Å². The van der Waals surface area contributed by atoms with Crippen molar-refractivity contribution in [3.05, 3.63) is 70.8 Å². The number of fused-ring (bicyclic) bond motifs is 4. The Bertz CT molecular complexity index is 1450. The maximum Gasteiger partial charge on any atom is 0.217 e. The molecule has 0 aromatic heterocycles. The highest BCUT2D eigenvalue weighted by Crippen LogP contribution is 2.48. The van der Waals surface area contributed by atoms with E-state index in [2.05, 4.69) is 90.2 Å². The van der Waals surface area contributed by atoms with Crippen LogP contribution in [0.3, 0.4) is 0 Å². The number of hydrogen-bond acceptors (Lipinski definition) is 5. The molecule has 55 heavy (non-hydrogen) atoms. The summed E-state index contributed by atoms with van der Waals surface area (Å²) in [6, 6.07) is 17.9. The van der Waals surface area contributed by atoms with Crippen molar-refractivity contribution in [2.24, 2.45) is 10.8 Å². The highest BCUT2D eigenvalue weighted by atomic mass is 32.1. The van der Waals surface area contributed by atoms with Gasteiger partial charge in [0, 0.05) is 20.3 Å². The van der Waals surface area contributed by atoms with Gasteiger partial charge in [-0.15, -0.1) is 0 Å². The molecule has 2 aliphatic carbocycles. The van der Waals surface area contributed by atoms with Gasteiger partial charge in [0.15, 0.2) is 0 Å². The molecule has 2 saturated heterocycles. The average Bonchev–Trinajstić information content (AvgIpc) is 3.07. The lowest BCUT2D eigenvalue weighted by Crippen LogP contribution is -2.46. The minimum absolute atomic E-state index is 0. The van der Waals surface area contributed by atoms with E-state index in [1.807, 2.05) is 20.8 Å². The Balaban J connectivity index is 0.000000868. The summed E-state index contributed by atoms with van der Waals surface area (Å²) in [5, 5.41) is 9.72. The second-order valence-electron chi connectivity index (χ2n) is 18.2. The SMILES string of the molecule is C.C.CC(=O)N[C@H]1CCC2(CCN(CCC(C)(C)C)CC2)c2ccccc21.CC(=O)N[C@H]1CCC2(CCNCC2)c2ccccc21.CC(C)(C)CC=O.S.S. The highest BCUT2D eigenvalue weighted by molar-refractivity contribution is 7.59. The first-order valence-corrected chi connectivity index (χ1v) is 19.7. The van der Waals surface area contributed by atoms with Crippen molar-refractivity contribution in [1.82, 2.24) is 20.9 Å². The molecule has 3 N–H and O–H groups in total. The van der Waals surface area contributed by atoms with E-state index >= 15 is 0 Å². The molecule has 2 heterocycles. The third kappa shape index (κ3) is 15.2. The van der Waals surface area contributed by atoms with Crippen LogP contribution in [0.15, 0.2) is 48.5 Å². The van der Waals surface area contributed by atoms with Gasteiger partial charge in [0.1, 0.15) is 6.29 Å². The number of likely N-dealkylation sites (tertiary alicyclic amines) is 1. The van der Waals surface area contributed by atoms with Crippen LogP contribution in [0.5, 0.6) is 0 Å². The molecule has 9 heteroatoms. The molecule has 314 valence electrons. The number of benzene rings is 2. The van der Waals surface area contributed by atoms with Crippen LogP contribution in [0.2, 0.25) is 0 Å². The Morgan fingerprint density at radius 3 is 1.49 bits per heavy atom. The van der Waals surface area contributed by atoms with E-state index in [9.17, 15) is 14.4 Å². The Kier molecular flexibility index (Phi) is 22.2. The van der Waals surface area contributed by atoms with Crippen LogP contribution in [0.4, 0.5) is 0 Å². The number of piperidine rings is 2. The highest BCUT2D eigenvalue weighted by Gasteiger charge is 2.42. The molecule has 2 amide bonds. The van der Waals surface area contributed by atoms with Crippen molar-refractivity contribution in [3.8, 4) is 0 Å². The number of nitrogens with one attached hydrogen (secondary N) is 3. The number of carbonyl (C=O) groups is 3. The first kappa shape index (κ1) is 52.7. The van der Waals surface area contributed by atoms with Gasteiger partial charge < -0.3 is 25.6 Å². The fourth-order valence-corrected chi connectivity index (χ4v) is 8.67. The van der Waals surface area contributed by atoms with Gasteiger partial charge in [-0.2, -0.15) is 27.0 Å². The molecule has 4 aliphatic rings. The van der Waals surface area contributed by atoms with E-state index in [4.69, 9.17) is 0 Å². The molecule has 2 spiro atoms. The van der Waals surface area contributed by atoms with Crippen molar-refractivity contribution < 1.29 is 14.4 Å². The standard InChI is InChI=1S/C22H34N2O.C16H22N2O.C6H12O.2CH4.2H2S/c1-17(25)23-20-9-10-22(19-8-6-5-7-18(19)20)12-15-24(16-13-22)14-11-21(2,3)4;1-12(19)18-15-6-7-16(8-10-17-11-9-16)14-5-3-2-4-13(14)15;1-6(2,3)4-5-7;;;;/h5-8,20H,9-16H2,1-4H3,(H,23,25);2-5,15,17H,6-11H2,1H3,(H,18,19);5H,4H2,1-3H3;2*1H4;2*1H2/t20-;15-;;;;;/m00...../s1. The Hall–Kier alpha value is -2.33. The second-order valence-corrected chi connectivity index (χ2v) is 18.2. The van der Waals surface area contributed by atoms with Gasteiger partial charge in [0.2, 0.25) is 11.8 Å². The lowest BCUT2D eigenvalue weighted by molar-refractivity contribution is -0.120. The predicted molar refractivity (Wildman–Crippen MR) is 244 cm³/mol. The monoisotopic (exact) mass is 801 g/mol.